The molecule has 38 heavy (non-hydrogen) atoms. The highest BCUT2D eigenvalue weighted by Gasteiger charge is 2.31. The average Bonchev–Trinajstić information content (AvgIpc) is 3.47. The van der Waals surface area contributed by atoms with Gasteiger partial charge in [0.05, 0.1) is 23.1 Å². The molecule has 196 valence electrons. The smallest absolute Gasteiger partial charge is 0.342 e. The van der Waals surface area contributed by atoms with E-state index in [9.17, 15) is 14.0 Å². The van der Waals surface area contributed by atoms with Gasteiger partial charge in [-0.3, -0.25) is 4.79 Å². The molecule has 1 aliphatic heterocycles. The summed E-state index contributed by atoms with van der Waals surface area (Å²) in [7, 11) is 1.61. The van der Waals surface area contributed by atoms with Gasteiger partial charge in [0.15, 0.2) is 0 Å². The Kier molecular flexibility index (Phi) is 6.82. The molecule has 0 aliphatic carbocycles. The van der Waals surface area contributed by atoms with Gasteiger partial charge in [0, 0.05) is 25.7 Å². The van der Waals surface area contributed by atoms with E-state index in [0.29, 0.717) is 29.4 Å². The number of aryl methyl sites for hydroxylation is 2. The van der Waals surface area contributed by atoms with Crippen molar-refractivity contribution in [1.82, 2.24) is 20.3 Å². The number of ether oxygens (including phenoxy) is 2. The van der Waals surface area contributed by atoms with E-state index in [4.69, 9.17) is 14.0 Å². The number of likely N-dealkylation sites (N-methyl/N-ethyl adjacent to an activating group) is 1. The standard InChI is InChI=1S/C27H26FN5O5/c1-16-22(17(2)38-31-16)14-36-21-7-8-25-24(11-21)32(3)26(34)23(15-37-25)30-27(35)33-13-19(12-29-33)9-18-5-4-6-20(28)10-18/h4-8,10-13,23H,9,14-15H2,1-3H3,(H,30,35). The highest BCUT2D eigenvalue weighted by Crippen LogP contribution is 2.34. The Bertz CT molecular complexity index is 1480. The molecule has 2 aromatic carbocycles. The van der Waals surface area contributed by atoms with Crippen molar-refractivity contribution in [2.75, 3.05) is 18.6 Å². The summed E-state index contributed by atoms with van der Waals surface area (Å²) in [5.41, 5.74) is 3.61. The normalized spacial score (nSPS) is 15.0. The fourth-order valence-corrected chi connectivity index (χ4v) is 4.20. The number of benzene rings is 2. The van der Waals surface area contributed by atoms with Gasteiger partial charge in [-0.1, -0.05) is 17.3 Å². The van der Waals surface area contributed by atoms with Crippen LogP contribution in [0.5, 0.6) is 11.5 Å². The molecule has 1 unspecified atom stereocenters. The first kappa shape index (κ1) is 25.0. The summed E-state index contributed by atoms with van der Waals surface area (Å²) < 4.78 is 31.5. The Morgan fingerprint density at radius 3 is 2.82 bits per heavy atom. The van der Waals surface area contributed by atoms with Crippen molar-refractivity contribution in [2.24, 2.45) is 0 Å². The van der Waals surface area contributed by atoms with Crippen molar-refractivity contribution in [2.45, 2.75) is 32.9 Å². The Balaban J connectivity index is 1.24. The number of anilines is 1. The zero-order valence-electron chi connectivity index (χ0n) is 21.1. The second kappa shape index (κ2) is 10.4. The molecule has 3 heterocycles. The van der Waals surface area contributed by atoms with Gasteiger partial charge in [-0.05, 0) is 49.2 Å². The zero-order chi connectivity index (χ0) is 26.8. The number of amides is 2. The number of nitrogens with zero attached hydrogens (tertiary/aromatic N) is 4. The van der Waals surface area contributed by atoms with E-state index in [2.05, 4.69) is 15.6 Å². The summed E-state index contributed by atoms with van der Waals surface area (Å²) in [6, 6.07) is 9.88. The molecular weight excluding hydrogens is 493 g/mol. The fraction of sp³-hybridized carbons (Fsp3) is 0.259. The molecule has 10 nitrogen and oxygen atoms in total. The molecule has 0 fully saturated rings. The van der Waals surface area contributed by atoms with E-state index in [1.807, 2.05) is 13.8 Å². The molecule has 2 aromatic heterocycles. The Morgan fingerprint density at radius 2 is 2.05 bits per heavy atom. The van der Waals surface area contributed by atoms with Gasteiger partial charge in [-0.2, -0.15) is 9.78 Å². The number of carbonyl (C=O) groups excluding carboxylic acids is 2. The van der Waals surface area contributed by atoms with Crippen LogP contribution < -0.4 is 19.7 Å². The number of nitrogens with one attached hydrogen (secondary N) is 1. The summed E-state index contributed by atoms with van der Waals surface area (Å²) in [6.45, 7) is 3.87. The predicted molar refractivity (Wildman–Crippen MR) is 135 cm³/mol. The highest BCUT2D eigenvalue weighted by molar-refractivity contribution is 6.00. The minimum Gasteiger partial charge on any atom is -0.489 e. The van der Waals surface area contributed by atoms with Gasteiger partial charge >= 0.3 is 6.03 Å². The zero-order valence-corrected chi connectivity index (χ0v) is 21.1. The number of aromatic nitrogens is 3. The van der Waals surface area contributed by atoms with E-state index in [1.54, 1.807) is 43.6 Å². The lowest BCUT2D eigenvalue weighted by molar-refractivity contribution is -0.120. The summed E-state index contributed by atoms with van der Waals surface area (Å²) >= 11 is 0. The van der Waals surface area contributed by atoms with Crippen LogP contribution in [0.2, 0.25) is 0 Å². The largest absolute Gasteiger partial charge is 0.489 e. The summed E-state index contributed by atoms with van der Waals surface area (Å²) in [6.07, 6.45) is 3.49. The minimum atomic E-state index is -0.942. The minimum absolute atomic E-state index is 0.0569. The van der Waals surface area contributed by atoms with Crippen LogP contribution in [-0.4, -0.2) is 46.6 Å². The first-order valence-corrected chi connectivity index (χ1v) is 12.0. The first-order chi connectivity index (χ1) is 18.3. The van der Waals surface area contributed by atoms with E-state index >= 15 is 0 Å². The lowest BCUT2D eigenvalue weighted by Crippen LogP contribution is -2.50. The molecule has 0 radical (unpaired) electrons. The summed E-state index contributed by atoms with van der Waals surface area (Å²) in [5, 5.41) is 10.7. The average molecular weight is 520 g/mol. The molecule has 2 amide bonds. The van der Waals surface area contributed by atoms with Crippen molar-refractivity contribution in [1.29, 1.82) is 0 Å². The number of hydrogen-bond acceptors (Lipinski definition) is 7. The van der Waals surface area contributed by atoms with Gasteiger partial charge in [0.25, 0.3) is 5.91 Å². The maximum atomic E-state index is 13.5. The van der Waals surface area contributed by atoms with Crippen LogP contribution in [0.25, 0.3) is 0 Å². The van der Waals surface area contributed by atoms with Crippen LogP contribution in [0.15, 0.2) is 59.4 Å². The molecule has 0 saturated carbocycles. The molecule has 5 rings (SSSR count). The first-order valence-electron chi connectivity index (χ1n) is 12.0. The van der Waals surface area contributed by atoms with Gasteiger partial charge in [-0.25, -0.2) is 9.18 Å². The van der Waals surface area contributed by atoms with E-state index in [-0.39, 0.29) is 24.9 Å². The molecular formula is C27H26FN5O5. The second-order valence-electron chi connectivity index (χ2n) is 9.03. The maximum Gasteiger partial charge on any atom is 0.342 e. The van der Waals surface area contributed by atoms with Crippen molar-refractivity contribution in [3.05, 3.63) is 88.8 Å². The molecule has 1 aliphatic rings. The van der Waals surface area contributed by atoms with Crippen LogP contribution in [0.4, 0.5) is 14.9 Å². The monoisotopic (exact) mass is 519 g/mol. The van der Waals surface area contributed by atoms with Crippen LogP contribution in [-0.2, 0) is 17.8 Å². The number of rotatable bonds is 6. The lowest BCUT2D eigenvalue weighted by atomic mass is 10.1. The third-order valence-corrected chi connectivity index (χ3v) is 6.33. The van der Waals surface area contributed by atoms with Gasteiger partial charge in [-0.15, -0.1) is 0 Å². The number of hydrogen-bond donors (Lipinski definition) is 1. The van der Waals surface area contributed by atoms with Crippen LogP contribution in [0, 0.1) is 19.7 Å². The molecule has 11 heteroatoms. The van der Waals surface area contributed by atoms with Crippen molar-refractivity contribution < 1.29 is 28.0 Å². The number of fused-ring (bicyclic) bond motifs is 1. The van der Waals surface area contributed by atoms with Crippen molar-refractivity contribution in [3.8, 4) is 11.5 Å². The predicted octanol–water partition coefficient (Wildman–Crippen LogP) is 3.78. The molecule has 0 bridgehead atoms. The van der Waals surface area contributed by atoms with Gasteiger partial charge in [0.2, 0.25) is 0 Å². The van der Waals surface area contributed by atoms with Crippen molar-refractivity contribution in [3.63, 3.8) is 0 Å². The van der Waals surface area contributed by atoms with E-state index in [1.165, 1.54) is 23.2 Å². The quantitative estimate of drug-likeness (QED) is 0.413. The van der Waals surface area contributed by atoms with Crippen LogP contribution >= 0.6 is 0 Å². The topological polar surface area (TPSA) is 112 Å². The molecule has 1 atom stereocenters. The molecule has 4 aromatic rings. The maximum absolute atomic E-state index is 13.5. The van der Waals surface area contributed by atoms with Crippen LogP contribution in [0.3, 0.4) is 0 Å². The Morgan fingerprint density at radius 1 is 1.21 bits per heavy atom. The molecule has 0 saturated heterocycles. The van der Waals surface area contributed by atoms with Crippen molar-refractivity contribution >= 4 is 17.6 Å². The number of carbonyl (C=O) groups is 2. The second-order valence-corrected chi connectivity index (χ2v) is 9.03. The van der Waals surface area contributed by atoms with Gasteiger partial charge in [0.1, 0.15) is 42.3 Å². The lowest BCUT2D eigenvalue weighted by Gasteiger charge is -2.20. The third-order valence-electron chi connectivity index (χ3n) is 6.33. The summed E-state index contributed by atoms with van der Waals surface area (Å²) in [5.74, 6) is 1.02. The third kappa shape index (κ3) is 5.22. The fourth-order valence-electron chi connectivity index (χ4n) is 4.20. The van der Waals surface area contributed by atoms with E-state index in [0.717, 1.165) is 27.1 Å². The SMILES string of the molecule is Cc1noc(C)c1COc1ccc2c(c1)N(C)C(=O)C(NC(=O)n1cc(Cc3cccc(F)c3)cn1)CO2. The number of halogens is 1. The van der Waals surface area contributed by atoms with Crippen LogP contribution in [0.1, 0.15) is 28.1 Å². The van der Waals surface area contributed by atoms with Gasteiger partial charge < -0.3 is 24.2 Å². The Labute approximate surface area is 217 Å². The van der Waals surface area contributed by atoms with E-state index < -0.39 is 12.1 Å². The highest BCUT2D eigenvalue weighted by atomic mass is 19.1. The summed E-state index contributed by atoms with van der Waals surface area (Å²) in [4.78, 5) is 27.5. The Hall–Kier alpha value is -4.67. The molecule has 0 spiro atoms. The molecule has 1 N–H and O–H groups in total.